The Balaban J connectivity index is 1.76. The number of nitrogen functional groups attached to an aromatic ring is 1. The number of ether oxygens (including phenoxy) is 2. The zero-order valence-electron chi connectivity index (χ0n) is 10.0. The van der Waals surface area contributed by atoms with Crippen LogP contribution >= 0.6 is 0 Å². The Morgan fingerprint density at radius 3 is 2.72 bits per heavy atom. The highest BCUT2D eigenvalue weighted by molar-refractivity contribution is 5.91. The molecule has 1 heterocycles. The summed E-state index contributed by atoms with van der Waals surface area (Å²) < 4.78 is 10.2. The first-order chi connectivity index (χ1) is 8.75. The van der Waals surface area contributed by atoms with Crippen molar-refractivity contribution in [2.24, 2.45) is 0 Å². The van der Waals surface area contributed by atoms with E-state index in [1.807, 2.05) is 24.3 Å². The zero-order chi connectivity index (χ0) is 12.8. The second-order valence-electron chi connectivity index (χ2n) is 3.95. The van der Waals surface area contributed by atoms with Crippen molar-refractivity contribution in [3.63, 3.8) is 0 Å². The average molecular weight is 248 g/mol. The van der Waals surface area contributed by atoms with Gasteiger partial charge >= 0.3 is 0 Å². The maximum absolute atomic E-state index is 11.6. The van der Waals surface area contributed by atoms with Crippen molar-refractivity contribution in [1.82, 2.24) is 5.32 Å². The standard InChI is InChI=1S/C13H16N2O3/c14-11-3-1-10(2-4-11)5-6-15-13(16)12-9-17-7-8-18-12/h1-4,9H,5-8,14H2,(H,15,16). The fraction of sp³-hybridized carbons (Fsp3) is 0.308. The van der Waals surface area contributed by atoms with Crippen LogP contribution < -0.4 is 11.1 Å². The van der Waals surface area contributed by atoms with E-state index < -0.39 is 0 Å². The first kappa shape index (κ1) is 12.3. The second kappa shape index (κ2) is 5.95. The molecule has 96 valence electrons. The van der Waals surface area contributed by atoms with Crippen molar-refractivity contribution in [1.29, 1.82) is 0 Å². The molecule has 3 N–H and O–H groups in total. The van der Waals surface area contributed by atoms with E-state index in [4.69, 9.17) is 15.2 Å². The van der Waals surface area contributed by atoms with Crippen molar-refractivity contribution in [2.75, 3.05) is 25.5 Å². The summed E-state index contributed by atoms with van der Waals surface area (Å²) in [5.74, 6) is -0.0105. The first-order valence-corrected chi connectivity index (χ1v) is 5.83. The quantitative estimate of drug-likeness (QED) is 0.773. The molecule has 2 rings (SSSR count). The Kier molecular flexibility index (Phi) is 4.06. The zero-order valence-corrected chi connectivity index (χ0v) is 10.0. The van der Waals surface area contributed by atoms with Crippen LogP contribution in [-0.2, 0) is 20.7 Å². The summed E-state index contributed by atoms with van der Waals surface area (Å²) >= 11 is 0. The van der Waals surface area contributed by atoms with Crippen molar-refractivity contribution in [2.45, 2.75) is 6.42 Å². The second-order valence-corrected chi connectivity index (χ2v) is 3.95. The van der Waals surface area contributed by atoms with Crippen LogP contribution in [0.15, 0.2) is 36.3 Å². The summed E-state index contributed by atoms with van der Waals surface area (Å²) in [6, 6.07) is 7.58. The minimum Gasteiger partial charge on any atom is -0.494 e. The molecule has 0 saturated heterocycles. The van der Waals surface area contributed by atoms with E-state index in [2.05, 4.69) is 5.32 Å². The Morgan fingerprint density at radius 1 is 1.28 bits per heavy atom. The summed E-state index contributed by atoms with van der Waals surface area (Å²) in [5, 5.41) is 2.77. The van der Waals surface area contributed by atoms with Gasteiger partial charge in [-0.1, -0.05) is 12.1 Å². The van der Waals surface area contributed by atoms with Crippen LogP contribution in [0.25, 0.3) is 0 Å². The SMILES string of the molecule is Nc1ccc(CCNC(=O)C2=COCCO2)cc1. The van der Waals surface area contributed by atoms with Gasteiger partial charge in [-0.25, -0.2) is 0 Å². The van der Waals surface area contributed by atoms with Crippen molar-refractivity contribution >= 4 is 11.6 Å². The summed E-state index contributed by atoms with van der Waals surface area (Å²) in [7, 11) is 0. The number of carbonyl (C=O) groups is 1. The number of anilines is 1. The molecule has 1 aromatic rings. The van der Waals surface area contributed by atoms with Crippen LogP contribution in [0.3, 0.4) is 0 Å². The lowest BCUT2D eigenvalue weighted by atomic mass is 10.1. The number of carbonyl (C=O) groups excluding carboxylic acids is 1. The van der Waals surface area contributed by atoms with Crippen LogP contribution in [0.5, 0.6) is 0 Å². The molecule has 0 aromatic heterocycles. The van der Waals surface area contributed by atoms with Gasteiger partial charge in [-0.3, -0.25) is 4.79 Å². The topological polar surface area (TPSA) is 73.6 Å². The summed E-state index contributed by atoms with van der Waals surface area (Å²) in [6.45, 7) is 1.45. The van der Waals surface area contributed by atoms with Crippen LogP contribution in [0, 0.1) is 0 Å². The van der Waals surface area contributed by atoms with Crippen LogP contribution in [0.1, 0.15) is 5.56 Å². The smallest absolute Gasteiger partial charge is 0.289 e. The maximum atomic E-state index is 11.6. The van der Waals surface area contributed by atoms with Gasteiger partial charge in [0.1, 0.15) is 19.5 Å². The van der Waals surface area contributed by atoms with E-state index in [1.54, 1.807) is 0 Å². The van der Waals surface area contributed by atoms with Gasteiger partial charge in [0.2, 0.25) is 5.76 Å². The average Bonchev–Trinajstić information content (AvgIpc) is 2.42. The third-order valence-electron chi connectivity index (χ3n) is 2.55. The van der Waals surface area contributed by atoms with Crippen molar-refractivity contribution in [3.05, 3.63) is 41.9 Å². The lowest BCUT2D eigenvalue weighted by Gasteiger charge is -2.14. The lowest BCUT2D eigenvalue weighted by Crippen LogP contribution is -2.30. The number of rotatable bonds is 4. The third-order valence-corrected chi connectivity index (χ3v) is 2.55. The van der Waals surface area contributed by atoms with Crippen LogP contribution in [0.2, 0.25) is 0 Å². The Bertz CT molecular complexity index is 440. The van der Waals surface area contributed by atoms with E-state index in [1.165, 1.54) is 6.26 Å². The fourth-order valence-electron chi connectivity index (χ4n) is 1.58. The molecule has 0 radical (unpaired) electrons. The predicted octanol–water partition coefficient (Wildman–Crippen LogP) is 0.816. The Hall–Kier alpha value is -2.17. The van der Waals surface area contributed by atoms with Crippen LogP contribution in [0.4, 0.5) is 5.69 Å². The number of hydrogen-bond donors (Lipinski definition) is 2. The van der Waals surface area contributed by atoms with E-state index in [9.17, 15) is 4.79 Å². The van der Waals surface area contributed by atoms with Crippen molar-refractivity contribution in [3.8, 4) is 0 Å². The normalized spacial score (nSPS) is 14.1. The molecule has 5 heteroatoms. The van der Waals surface area contributed by atoms with Crippen molar-refractivity contribution < 1.29 is 14.3 Å². The lowest BCUT2D eigenvalue weighted by molar-refractivity contribution is -0.122. The Morgan fingerprint density at radius 2 is 2.06 bits per heavy atom. The van der Waals surface area contributed by atoms with E-state index in [0.29, 0.717) is 19.8 Å². The van der Waals surface area contributed by atoms with E-state index in [-0.39, 0.29) is 11.7 Å². The highest BCUT2D eigenvalue weighted by Gasteiger charge is 2.13. The molecule has 5 nitrogen and oxygen atoms in total. The molecule has 1 aliphatic heterocycles. The molecule has 0 unspecified atom stereocenters. The van der Waals surface area contributed by atoms with Crippen LogP contribution in [-0.4, -0.2) is 25.7 Å². The van der Waals surface area contributed by atoms with Gasteiger partial charge in [-0.05, 0) is 24.1 Å². The van der Waals surface area contributed by atoms with Gasteiger partial charge in [0, 0.05) is 12.2 Å². The molecule has 1 amide bonds. The number of nitrogens with two attached hydrogens (primary N) is 1. The molecule has 18 heavy (non-hydrogen) atoms. The number of hydrogen-bond acceptors (Lipinski definition) is 4. The van der Waals surface area contributed by atoms with E-state index in [0.717, 1.165) is 17.7 Å². The van der Waals surface area contributed by atoms with Gasteiger partial charge < -0.3 is 20.5 Å². The number of nitrogens with one attached hydrogen (secondary N) is 1. The van der Waals surface area contributed by atoms with Gasteiger partial charge in [0.05, 0.1) is 0 Å². The molecule has 0 fully saturated rings. The summed E-state index contributed by atoms with van der Waals surface area (Å²) in [6.07, 6.45) is 2.10. The minimum absolute atomic E-state index is 0.235. The molecule has 0 spiro atoms. The highest BCUT2D eigenvalue weighted by atomic mass is 16.6. The Labute approximate surface area is 106 Å². The van der Waals surface area contributed by atoms with Gasteiger partial charge in [-0.15, -0.1) is 0 Å². The molecule has 0 atom stereocenters. The molecule has 0 saturated carbocycles. The number of benzene rings is 1. The largest absolute Gasteiger partial charge is 0.494 e. The molecule has 0 bridgehead atoms. The highest BCUT2D eigenvalue weighted by Crippen LogP contribution is 2.06. The molecule has 1 aromatic carbocycles. The van der Waals surface area contributed by atoms with E-state index >= 15 is 0 Å². The summed E-state index contributed by atoms with van der Waals surface area (Å²) in [5.41, 5.74) is 7.45. The summed E-state index contributed by atoms with van der Waals surface area (Å²) in [4.78, 5) is 11.6. The van der Waals surface area contributed by atoms with Gasteiger partial charge in [0.15, 0.2) is 0 Å². The van der Waals surface area contributed by atoms with Gasteiger partial charge in [0.25, 0.3) is 5.91 Å². The minimum atomic E-state index is -0.245. The molecule has 1 aliphatic rings. The first-order valence-electron chi connectivity index (χ1n) is 5.83. The molecule has 0 aliphatic carbocycles. The number of amides is 1. The maximum Gasteiger partial charge on any atom is 0.289 e. The fourth-order valence-corrected chi connectivity index (χ4v) is 1.58. The third kappa shape index (κ3) is 3.41. The molecular formula is C13H16N2O3. The van der Waals surface area contributed by atoms with Gasteiger partial charge in [-0.2, -0.15) is 0 Å². The molecular weight excluding hydrogens is 232 g/mol. The predicted molar refractivity (Wildman–Crippen MR) is 67.6 cm³/mol. The monoisotopic (exact) mass is 248 g/mol.